The third-order valence-corrected chi connectivity index (χ3v) is 4.55. The highest BCUT2D eigenvalue weighted by Crippen LogP contribution is 2.30. The van der Waals surface area contributed by atoms with Crippen LogP contribution in [0.3, 0.4) is 0 Å². The zero-order valence-electron chi connectivity index (χ0n) is 16.6. The second-order valence-electron chi connectivity index (χ2n) is 6.43. The molecule has 3 rings (SSSR count). The quantitative estimate of drug-likeness (QED) is 0.386. The number of carbonyl (C=O) groups is 1. The van der Waals surface area contributed by atoms with Crippen molar-refractivity contribution >= 4 is 29.3 Å². The molecule has 3 aromatic carbocycles. The molecule has 0 aromatic heterocycles. The van der Waals surface area contributed by atoms with E-state index in [0.717, 1.165) is 5.56 Å². The van der Waals surface area contributed by atoms with E-state index < -0.39 is 11.7 Å². The Balaban J connectivity index is 1.80. The van der Waals surface area contributed by atoms with E-state index in [1.807, 2.05) is 18.2 Å². The monoisotopic (exact) mass is 436 g/mol. The van der Waals surface area contributed by atoms with Crippen molar-refractivity contribution in [3.63, 3.8) is 0 Å². The van der Waals surface area contributed by atoms with Crippen molar-refractivity contribution in [2.75, 3.05) is 12.4 Å². The van der Waals surface area contributed by atoms with E-state index in [9.17, 15) is 14.4 Å². The first-order valence-electron chi connectivity index (χ1n) is 9.23. The molecule has 1 N–H and O–H groups in total. The summed E-state index contributed by atoms with van der Waals surface area (Å²) in [7, 11) is 1.52. The summed E-state index contributed by atoms with van der Waals surface area (Å²) in [6, 6.07) is 19.8. The van der Waals surface area contributed by atoms with Gasteiger partial charge >= 0.3 is 0 Å². The Morgan fingerprint density at radius 2 is 1.87 bits per heavy atom. The standard InChI is InChI=1S/C24H18ClFN2O3/c1-30-22-11-8-17(13-23(22)31-15-16-6-9-19(25)10-7-16)12-18(14-27)24(29)28-21-5-3-2-4-20(21)26/h2-13H,15H2,1H3,(H,28,29). The van der Waals surface area contributed by atoms with Gasteiger partial charge in [0.2, 0.25) is 0 Å². The third kappa shape index (κ3) is 5.84. The number of para-hydroxylation sites is 1. The largest absolute Gasteiger partial charge is 0.493 e. The molecule has 0 bridgehead atoms. The fraction of sp³-hybridized carbons (Fsp3) is 0.0833. The van der Waals surface area contributed by atoms with Crippen LogP contribution in [0.2, 0.25) is 5.02 Å². The fourth-order valence-electron chi connectivity index (χ4n) is 2.71. The molecular weight excluding hydrogens is 419 g/mol. The van der Waals surface area contributed by atoms with Gasteiger partial charge in [0.1, 0.15) is 24.1 Å². The molecule has 0 aliphatic rings. The maximum absolute atomic E-state index is 13.8. The van der Waals surface area contributed by atoms with E-state index in [0.29, 0.717) is 22.1 Å². The van der Waals surface area contributed by atoms with Crippen LogP contribution in [0.15, 0.2) is 72.3 Å². The van der Waals surface area contributed by atoms with Gasteiger partial charge in [0.15, 0.2) is 11.5 Å². The number of ether oxygens (including phenoxy) is 2. The lowest BCUT2D eigenvalue weighted by Gasteiger charge is -2.12. The van der Waals surface area contributed by atoms with Crippen LogP contribution in [0.25, 0.3) is 6.08 Å². The van der Waals surface area contributed by atoms with E-state index in [1.165, 1.54) is 31.4 Å². The fourth-order valence-corrected chi connectivity index (χ4v) is 2.83. The van der Waals surface area contributed by atoms with Gasteiger partial charge in [0, 0.05) is 5.02 Å². The first-order chi connectivity index (χ1) is 15.0. The Morgan fingerprint density at radius 3 is 2.55 bits per heavy atom. The molecule has 0 saturated carbocycles. The number of amides is 1. The molecule has 3 aromatic rings. The van der Waals surface area contributed by atoms with Crippen LogP contribution < -0.4 is 14.8 Å². The molecule has 0 unspecified atom stereocenters. The summed E-state index contributed by atoms with van der Waals surface area (Å²) in [4.78, 5) is 12.4. The summed E-state index contributed by atoms with van der Waals surface area (Å²) in [5.74, 6) is -0.360. The minimum atomic E-state index is -0.716. The molecule has 31 heavy (non-hydrogen) atoms. The van der Waals surface area contributed by atoms with Crippen molar-refractivity contribution < 1.29 is 18.7 Å². The van der Waals surface area contributed by atoms with Gasteiger partial charge in [-0.15, -0.1) is 0 Å². The number of methoxy groups -OCH3 is 1. The van der Waals surface area contributed by atoms with E-state index >= 15 is 0 Å². The van der Waals surface area contributed by atoms with E-state index in [1.54, 1.807) is 36.4 Å². The van der Waals surface area contributed by atoms with Crippen LogP contribution in [0.4, 0.5) is 10.1 Å². The number of benzene rings is 3. The second-order valence-corrected chi connectivity index (χ2v) is 6.87. The van der Waals surface area contributed by atoms with Gasteiger partial charge < -0.3 is 14.8 Å². The summed E-state index contributed by atoms with van der Waals surface area (Å²) in [6.07, 6.45) is 1.39. The zero-order chi connectivity index (χ0) is 22.2. The van der Waals surface area contributed by atoms with Gasteiger partial charge in [0.25, 0.3) is 5.91 Å². The summed E-state index contributed by atoms with van der Waals surface area (Å²) in [5.41, 5.74) is 1.27. The SMILES string of the molecule is COc1ccc(C=C(C#N)C(=O)Nc2ccccc2F)cc1OCc1ccc(Cl)cc1. The lowest BCUT2D eigenvalue weighted by molar-refractivity contribution is -0.112. The number of halogens is 2. The van der Waals surface area contributed by atoms with Crippen LogP contribution in [0.1, 0.15) is 11.1 Å². The Bertz CT molecular complexity index is 1150. The Kier molecular flexibility index (Phi) is 7.26. The molecule has 0 atom stereocenters. The lowest BCUT2D eigenvalue weighted by atomic mass is 10.1. The minimum absolute atomic E-state index is 0.00429. The molecule has 0 aliphatic heterocycles. The predicted octanol–water partition coefficient (Wildman–Crippen LogP) is 5.61. The summed E-state index contributed by atoms with van der Waals surface area (Å²) in [5, 5.41) is 12.4. The molecule has 156 valence electrons. The van der Waals surface area contributed by atoms with Crippen molar-refractivity contribution in [1.29, 1.82) is 5.26 Å². The highest BCUT2D eigenvalue weighted by molar-refractivity contribution is 6.30. The zero-order valence-corrected chi connectivity index (χ0v) is 17.3. The minimum Gasteiger partial charge on any atom is -0.493 e. The van der Waals surface area contributed by atoms with Crippen LogP contribution in [0.5, 0.6) is 11.5 Å². The molecule has 7 heteroatoms. The number of nitrogens with one attached hydrogen (secondary N) is 1. The van der Waals surface area contributed by atoms with Crippen LogP contribution in [0, 0.1) is 17.1 Å². The van der Waals surface area contributed by atoms with Crippen molar-refractivity contribution in [2.24, 2.45) is 0 Å². The lowest BCUT2D eigenvalue weighted by Crippen LogP contribution is -2.14. The van der Waals surface area contributed by atoms with Crippen LogP contribution >= 0.6 is 11.6 Å². The third-order valence-electron chi connectivity index (χ3n) is 4.29. The topological polar surface area (TPSA) is 71.3 Å². The molecule has 0 radical (unpaired) electrons. The second kappa shape index (κ2) is 10.3. The average Bonchev–Trinajstić information content (AvgIpc) is 2.78. The summed E-state index contributed by atoms with van der Waals surface area (Å²) in [6.45, 7) is 0.277. The van der Waals surface area contributed by atoms with Crippen molar-refractivity contribution in [3.05, 3.63) is 94.3 Å². The van der Waals surface area contributed by atoms with Gasteiger partial charge in [-0.3, -0.25) is 4.79 Å². The highest BCUT2D eigenvalue weighted by Gasteiger charge is 2.13. The van der Waals surface area contributed by atoms with Gasteiger partial charge in [0.05, 0.1) is 12.8 Å². The molecular formula is C24H18ClFN2O3. The van der Waals surface area contributed by atoms with Gasteiger partial charge in [-0.25, -0.2) is 4.39 Å². The van der Waals surface area contributed by atoms with E-state index in [2.05, 4.69) is 5.32 Å². The Labute approximate surface area is 184 Å². The smallest absolute Gasteiger partial charge is 0.266 e. The van der Waals surface area contributed by atoms with E-state index in [-0.39, 0.29) is 17.9 Å². The molecule has 1 amide bonds. The highest BCUT2D eigenvalue weighted by atomic mass is 35.5. The Hall–Kier alpha value is -3.82. The summed E-state index contributed by atoms with van der Waals surface area (Å²) >= 11 is 5.90. The number of hydrogen-bond donors (Lipinski definition) is 1. The number of hydrogen-bond acceptors (Lipinski definition) is 4. The molecule has 0 spiro atoms. The van der Waals surface area contributed by atoms with Gasteiger partial charge in [-0.2, -0.15) is 5.26 Å². The van der Waals surface area contributed by atoms with Crippen LogP contribution in [-0.4, -0.2) is 13.0 Å². The van der Waals surface area contributed by atoms with Crippen molar-refractivity contribution in [2.45, 2.75) is 6.61 Å². The first kappa shape index (κ1) is 21.9. The van der Waals surface area contributed by atoms with Crippen LogP contribution in [-0.2, 0) is 11.4 Å². The molecule has 0 fully saturated rings. The number of carbonyl (C=O) groups excluding carboxylic acids is 1. The summed E-state index contributed by atoms with van der Waals surface area (Å²) < 4.78 is 24.9. The maximum atomic E-state index is 13.8. The number of rotatable bonds is 7. The van der Waals surface area contributed by atoms with Gasteiger partial charge in [-0.05, 0) is 53.6 Å². The van der Waals surface area contributed by atoms with E-state index in [4.69, 9.17) is 21.1 Å². The molecule has 5 nitrogen and oxygen atoms in total. The maximum Gasteiger partial charge on any atom is 0.266 e. The van der Waals surface area contributed by atoms with Gasteiger partial charge in [-0.1, -0.05) is 41.9 Å². The van der Waals surface area contributed by atoms with Crippen molar-refractivity contribution in [1.82, 2.24) is 0 Å². The average molecular weight is 437 g/mol. The molecule has 0 heterocycles. The number of nitrogens with zero attached hydrogens (tertiary/aromatic N) is 1. The molecule has 0 aliphatic carbocycles. The number of nitriles is 1. The van der Waals surface area contributed by atoms with Crippen molar-refractivity contribution in [3.8, 4) is 17.6 Å². The predicted molar refractivity (Wildman–Crippen MR) is 117 cm³/mol. The normalized spacial score (nSPS) is 10.8. The number of anilines is 1. The molecule has 0 saturated heterocycles. The Morgan fingerprint density at radius 1 is 1.13 bits per heavy atom. The first-order valence-corrected chi connectivity index (χ1v) is 9.61.